The van der Waals surface area contributed by atoms with Crippen molar-refractivity contribution in [2.45, 2.75) is 32.2 Å². The third-order valence-corrected chi connectivity index (χ3v) is 3.13. The lowest BCUT2D eigenvalue weighted by Crippen LogP contribution is -2.26. The molecule has 3 N–H and O–H groups in total. The van der Waals surface area contributed by atoms with Crippen LogP contribution in [0.2, 0.25) is 0 Å². The van der Waals surface area contributed by atoms with E-state index in [1.807, 2.05) is 6.92 Å². The van der Waals surface area contributed by atoms with Crippen LogP contribution in [-0.4, -0.2) is 5.11 Å². The van der Waals surface area contributed by atoms with E-state index < -0.39 is 0 Å². The second-order valence-electron chi connectivity index (χ2n) is 4.32. The maximum Gasteiger partial charge on any atom is 0.116 e. The number of hydrogen-bond donors (Lipinski definition) is 2. The first-order valence-electron chi connectivity index (χ1n) is 5.23. The molecular weight excluding hydrogens is 174 g/mol. The minimum absolute atomic E-state index is 0.106. The van der Waals surface area contributed by atoms with Gasteiger partial charge in [0.05, 0.1) is 0 Å². The fraction of sp³-hybridized carbons (Fsp3) is 0.500. The van der Waals surface area contributed by atoms with E-state index in [4.69, 9.17) is 5.73 Å². The normalized spacial score (nSPS) is 19.0. The molecule has 0 saturated heterocycles. The molecule has 1 aliphatic rings. The van der Waals surface area contributed by atoms with Gasteiger partial charge in [0.15, 0.2) is 0 Å². The smallest absolute Gasteiger partial charge is 0.116 e. The molecule has 1 atom stereocenters. The number of hydrogen-bond acceptors (Lipinski definition) is 2. The van der Waals surface area contributed by atoms with Gasteiger partial charge < -0.3 is 10.8 Å². The summed E-state index contributed by atoms with van der Waals surface area (Å²) < 4.78 is 0. The molecule has 1 aliphatic carbocycles. The van der Waals surface area contributed by atoms with E-state index in [1.165, 1.54) is 19.3 Å². The maximum absolute atomic E-state index is 9.46. The first-order valence-corrected chi connectivity index (χ1v) is 5.23. The van der Waals surface area contributed by atoms with Crippen molar-refractivity contribution in [2.24, 2.45) is 11.7 Å². The van der Waals surface area contributed by atoms with Crippen molar-refractivity contribution in [3.8, 4) is 5.75 Å². The van der Waals surface area contributed by atoms with Crippen LogP contribution in [0.25, 0.3) is 0 Å². The molecule has 2 heteroatoms. The Hall–Kier alpha value is -1.02. The molecule has 1 fully saturated rings. The highest BCUT2D eigenvalue weighted by Gasteiger charge is 2.25. The lowest BCUT2D eigenvalue weighted by Gasteiger charge is -2.31. The topological polar surface area (TPSA) is 46.2 Å². The molecule has 76 valence electrons. The Morgan fingerprint density at radius 2 is 2.07 bits per heavy atom. The zero-order valence-corrected chi connectivity index (χ0v) is 8.53. The van der Waals surface area contributed by atoms with Gasteiger partial charge in [-0.3, -0.25) is 0 Å². The molecule has 14 heavy (non-hydrogen) atoms. The standard InChI is InChI=1S/C12H17NO/c1-8-5-10(7-11(14)6-8)12(13)9-3-2-4-9/h5-7,9,12,14H,2-4,13H2,1H3/t12-/m1/s1. The van der Waals surface area contributed by atoms with Crippen LogP contribution in [0.1, 0.15) is 36.4 Å². The number of nitrogens with two attached hydrogens (primary N) is 1. The summed E-state index contributed by atoms with van der Waals surface area (Å²) in [6.07, 6.45) is 3.77. The summed E-state index contributed by atoms with van der Waals surface area (Å²) in [6.45, 7) is 1.98. The Morgan fingerprint density at radius 1 is 1.36 bits per heavy atom. The van der Waals surface area contributed by atoms with Gasteiger partial charge >= 0.3 is 0 Å². The van der Waals surface area contributed by atoms with Gasteiger partial charge in [-0.2, -0.15) is 0 Å². The van der Waals surface area contributed by atoms with Crippen LogP contribution in [0.3, 0.4) is 0 Å². The number of phenols is 1. The second kappa shape index (κ2) is 3.62. The number of benzene rings is 1. The molecule has 2 rings (SSSR count). The molecule has 2 nitrogen and oxygen atoms in total. The minimum Gasteiger partial charge on any atom is -0.508 e. The Kier molecular flexibility index (Phi) is 2.46. The predicted molar refractivity (Wildman–Crippen MR) is 57.1 cm³/mol. The van der Waals surface area contributed by atoms with Crippen molar-refractivity contribution in [1.82, 2.24) is 0 Å². The highest BCUT2D eigenvalue weighted by atomic mass is 16.3. The van der Waals surface area contributed by atoms with Crippen LogP contribution < -0.4 is 5.73 Å². The molecule has 1 aromatic carbocycles. The van der Waals surface area contributed by atoms with Gasteiger partial charge in [-0.05, 0) is 48.9 Å². The zero-order valence-electron chi connectivity index (χ0n) is 8.53. The van der Waals surface area contributed by atoms with E-state index in [1.54, 1.807) is 12.1 Å². The lowest BCUT2D eigenvalue weighted by molar-refractivity contribution is 0.264. The Labute approximate surface area is 84.7 Å². The number of phenolic OH excluding ortho intramolecular Hbond substituents is 1. The summed E-state index contributed by atoms with van der Waals surface area (Å²) in [7, 11) is 0. The zero-order chi connectivity index (χ0) is 10.1. The van der Waals surface area contributed by atoms with Gasteiger partial charge in [0.1, 0.15) is 5.75 Å². The number of rotatable bonds is 2. The van der Waals surface area contributed by atoms with Crippen molar-refractivity contribution in [1.29, 1.82) is 0 Å². The average molecular weight is 191 g/mol. The van der Waals surface area contributed by atoms with E-state index >= 15 is 0 Å². The summed E-state index contributed by atoms with van der Waals surface area (Å²) in [6, 6.07) is 5.73. The molecule has 0 spiro atoms. The van der Waals surface area contributed by atoms with Gasteiger partial charge in [-0.1, -0.05) is 12.5 Å². The van der Waals surface area contributed by atoms with Crippen molar-refractivity contribution >= 4 is 0 Å². The highest BCUT2D eigenvalue weighted by Crippen LogP contribution is 2.37. The molecule has 1 aromatic rings. The van der Waals surface area contributed by atoms with Crippen LogP contribution in [0.15, 0.2) is 18.2 Å². The van der Waals surface area contributed by atoms with Crippen LogP contribution in [0.4, 0.5) is 0 Å². The maximum atomic E-state index is 9.46. The molecular formula is C12H17NO. The molecule has 0 radical (unpaired) electrons. The lowest BCUT2D eigenvalue weighted by atomic mass is 9.77. The number of aromatic hydroxyl groups is 1. The third-order valence-electron chi connectivity index (χ3n) is 3.13. The van der Waals surface area contributed by atoms with Gasteiger partial charge in [0.2, 0.25) is 0 Å². The second-order valence-corrected chi connectivity index (χ2v) is 4.32. The monoisotopic (exact) mass is 191 g/mol. The summed E-state index contributed by atoms with van der Waals surface area (Å²) in [5, 5.41) is 9.46. The fourth-order valence-electron chi connectivity index (χ4n) is 2.06. The first kappa shape index (κ1) is 9.53. The van der Waals surface area contributed by atoms with Crippen molar-refractivity contribution < 1.29 is 5.11 Å². The van der Waals surface area contributed by atoms with E-state index in [9.17, 15) is 5.11 Å². The number of aryl methyl sites for hydroxylation is 1. The van der Waals surface area contributed by atoms with Crippen molar-refractivity contribution in [3.05, 3.63) is 29.3 Å². The van der Waals surface area contributed by atoms with Gasteiger partial charge in [-0.15, -0.1) is 0 Å². The van der Waals surface area contributed by atoms with E-state index in [-0.39, 0.29) is 6.04 Å². The van der Waals surface area contributed by atoms with E-state index in [0.717, 1.165) is 11.1 Å². The van der Waals surface area contributed by atoms with E-state index in [2.05, 4.69) is 6.07 Å². The summed E-state index contributed by atoms with van der Waals surface area (Å²) >= 11 is 0. The van der Waals surface area contributed by atoms with Crippen LogP contribution >= 0.6 is 0 Å². The van der Waals surface area contributed by atoms with Crippen molar-refractivity contribution in [3.63, 3.8) is 0 Å². The van der Waals surface area contributed by atoms with Crippen LogP contribution in [0.5, 0.6) is 5.75 Å². The predicted octanol–water partition coefficient (Wildman–Crippen LogP) is 2.50. The summed E-state index contributed by atoms with van der Waals surface area (Å²) in [5.74, 6) is 0.950. The quantitative estimate of drug-likeness (QED) is 0.754. The fourth-order valence-corrected chi connectivity index (χ4v) is 2.06. The largest absolute Gasteiger partial charge is 0.508 e. The SMILES string of the molecule is Cc1cc(O)cc([C@H](N)C2CCC2)c1. The minimum atomic E-state index is 0.106. The molecule has 0 heterocycles. The molecule has 0 aliphatic heterocycles. The van der Waals surface area contributed by atoms with Crippen molar-refractivity contribution in [2.75, 3.05) is 0 Å². The molecule has 0 aromatic heterocycles. The van der Waals surface area contributed by atoms with Gasteiger partial charge in [0, 0.05) is 6.04 Å². The van der Waals surface area contributed by atoms with Crippen LogP contribution in [-0.2, 0) is 0 Å². The first-order chi connectivity index (χ1) is 6.66. The van der Waals surface area contributed by atoms with E-state index in [0.29, 0.717) is 11.7 Å². The highest BCUT2D eigenvalue weighted by molar-refractivity contribution is 5.34. The molecule has 1 saturated carbocycles. The Morgan fingerprint density at radius 3 is 2.57 bits per heavy atom. The van der Waals surface area contributed by atoms with Crippen LogP contribution in [0, 0.1) is 12.8 Å². The molecule has 0 bridgehead atoms. The van der Waals surface area contributed by atoms with Gasteiger partial charge in [0.25, 0.3) is 0 Å². The summed E-state index contributed by atoms with van der Waals surface area (Å²) in [5.41, 5.74) is 8.28. The summed E-state index contributed by atoms with van der Waals surface area (Å²) in [4.78, 5) is 0. The Bertz CT molecular complexity index is 311. The third kappa shape index (κ3) is 1.75. The molecule has 0 unspecified atom stereocenters. The molecule has 0 amide bonds. The average Bonchev–Trinajstić information content (AvgIpc) is 1.98. The Balaban J connectivity index is 2.21. The van der Waals surface area contributed by atoms with Gasteiger partial charge in [-0.25, -0.2) is 0 Å².